The van der Waals surface area contributed by atoms with Crippen LogP contribution in [0.25, 0.3) is 0 Å². The predicted octanol–water partition coefficient (Wildman–Crippen LogP) is 3.24. The van der Waals surface area contributed by atoms with E-state index >= 15 is 0 Å². The number of pyridine rings is 1. The predicted molar refractivity (Wildman–Crippen MR) is 100 cm³/mol. The minimum Gasteiger partial charge on any atom is -0.478 e. The van der Waals surface area contributed by atoms with Crippen LogP contribution in [0.3, 0.4) is 0 Å². The average Bonchev–Trinajstić information content (AvgIpc) is 3.04. The van der Waals surface area contributed by atoms with Gasteiger partial charge in [0.05, 0.1) is 17.2 Å². The first-order chi connectivity index (χ1) is 12.1. The van der Waals surface area contributed by atoms with Crippen molar-refractivity contribution in [2.24, 2.45) is 0 Å². The molecule has 0 spiro atoms. The lowest BCUT2D eigenvalue weighted by Gasteiger charge is -2.32. The highest BCUT2D eigenvalue weighted by Crippen LogP contribution is 2.18. The summed E-state index contributed by atoms with van der Waals surface area (Å²) >= 11 is 1.55. The molecule has 0 radical (unpaired) electrons. The number of hydrogen-bond donors (Lipinski definition) is 1. The van der Waals surface area contributed by atoms with Gasteiger partial charge in [0.2, 0.25) is 5.88 Å². The van der Waals surface area contributed by atoms with Crippen molar-refractivity contribution < 1.29 is 9.53 Å². The third-order valence-electron chi connectivity index (χ3n) is 4.35. The van der Waals surface area contributed by atoms with Gasteiger partial charge in [-0.05, 0) is 44.9 Å². The normalized spacial score (nSPS) is 15.9. The maximum Gasteiger partial charge on any atom is 0.261 e. The summed E-state index contributed by atoms with van der Waals surface area (Å²) in [7, 11) is 0. The zero-order valence-electron chi connectivity index (χ0n) is 14.8. The molecule has 2 aromatic heterocycles. The maximum atomic E-state index is 12.3. The zero-order chi connectivity index (χ0) is 17.6. The van der Waals surface area contributed by atoms with E-state index in [4.69, 9.17) is 4.74 Å². The third-order valence-corrected chi connectivity index (χ3v) is 5.35. The number of ether oxygens (including phenoxy) is 1. The molecule has 0 atom stereocenters. The van der Waals surface area contributed by atoms with E-state index in [1.165, 1.54) is 4.88 Å². The van der Waals surface area contributed by atoms with E-state index in [9.17, 15) is 4.79 Å². The van der Waals surface area contributed by atoms with Crippen LogP contribution in [0.5, 0.6) is 5.88 Å². The first kappa shape index (κ1) is 17.9. The Hall–Kier alpha value is -1.92. The Bertz CT molecular complexity index is 708. The molecule has 0 aliphatic carbocycles. The van der Waals surface area contributed by atoms with Crippen molar-refractivity contribution in [2.45, 2.75) is 39.3 Å². The van der Waals surface area contributed by atoms with E-state index in [-0.39, 0.29) is 11.9 Å². The second kappa shape index (κ2) is 8.45. The lowest BCUT2D eigenvalue weighted by Crippen LogP contribution is -2.44. The number of hydrogen-bond acceptors (Lipinski definition) is 5. The molecule has 25 heavy (non-hydrogen) atoms. The van der Waals surface area contributed by atoms with E-state index in [1.807, 2.05) is 44.2 Å². The fourth-order valence-electron chi connectivity index (χ4n) is 3.05. The standard InChI is InChI=1S/C19H25N3O2S/c1-3-24-18-6-4-5-16(20-18)13-22-11-9-15(10-12-22)21-19(23)17-8-7-14(2)25-17/h4-8,15H,3,9-13H2,1-2H3,(H,21,23). The van der Waals surface area contributed by atoms with Crippen LogP contribution in [0.15, 0.2) is 30.3 Å². The fourth-order valence-corrected chi connectivity index (χ4v) is 3.82. The molecule has 1 N–H and O–H groups in total. The van der Waals surface area contributed by atoms with Crippen LogP contribution < -0.4 is 10.1 Å². The highest BCUT2D eigenvalue weighted by molar-refractivity contribution is 7.13. The van der Waals surface area contributed by atoms with Crippen molar-refractivity contribution in [1.29, 1.82) is 0 Å². The molecule has 0 aromatic carbocycles. The van der Waals surface area contributed by atoms with E-state index < -0.39 is 0 Å². The summed E-state index contributed by atoms with van der Waals surface area (Å²) in [6.07, 6.45) is 1.95. The number of piperidine rings is 1. The van der Waals surface area contributed by atoms with Crippen LogP contribution in [0.2, 0.25) is 0 Å². The molecule has 3 heterocycles. The topological polar surface area (TPSA) is 54.5 Å². The first-order valence-electron chi connectivity index (χ1n) is 8.82. The first-order valence-corrected chi connectivity index (χ1v) is 9.64. The van der Waals surface area contributed by atoms with Gasteiger partial charge >= 0.3 is 0 Å². The van der Waals surface area contributed by atoms with Crippen molar-refractivity contribution >= 4 is 17.2 Å². The monoisotopic (exact) mass is 359 g/mol. The molecule has 1 aliphatic rings. The smallest absolute Gasteiger partial charge is 0.261 e. The van der Waals surface area contributed by atoms with Gasteiger partial charge in [0.25, 0.3) is 5.91 Å². The van der Waals surface area contributed by atoms with Gasteiger partial charge in [-0.1, -0.05) is 6.07 Å². The van der Waals surface area contributed by atoms with Gasteiger partial charge in [0.1, 0.15) is 0 Å². The summed E-state index contributed by atoms with van der Waals surface area (Å²) < 4.78 is 5.46. The number of aromatic nitrogens is 1. The Kier molecular flexibility index (Phi) is 6.04. The van der Waals surface area contributed by atoms with Crippen molar-refractivity contribution in [1.82, 2.24) is 15.2 Å². The van der Waals surface area contributed by atoms with Crippen LogP contribution in [0.1, 0.15) is 40.0 Å². The molecular formula is C19H25N3O2S. The summed E-state index contributed by atoms with van der Waals surface area (Å²) in [4.78, 5) is 21.1. The van der Waals surface area contributed by atoms with Crippen LogP contribution in [0, 0.1) is 6.92 Å². The number of carbonyl (C=O) groups is 1. The van der Waals surface area contributed by atoms with Gasteiger partial charge in [0, 0.05) is 36.6 Å². The Morgan fingerprint density at radius 1 is 1.32 bits per heavy atom. The molecule has 1 fully saturated rings. The number of carbonyl (C=O) groups excluding carboxylic acids is 1. The van der Waals surface area contributed by atoms with Crippen molar-refractivity contribution in [3.8, 4) is 5.88 Å². The highest BCUT2D eigenvalue weighted by atomic mass is 32.1. The van der Waals surface area contributed by atoms with Crippen LogP contribution in [0.4, 0.5) is 0 Å². The Balaban J connectivity index is 1.47. The summed E-state index contributed by atoms with van der Waals surface area (Å²) in [5.41, 5.74) is 1.03. The average molecular weight is 359 g/mol. The van der Waals surface area contributed by atoms with Crippen LogP contribution in [-0.4, -0.2) is 41.5 Å². The minimum absolute atomic E-state index is 0.0580. The van der Waals surface area contributed by atoms with E-state index in [2.05, 4.69) is 15.2 Å². The second-order valence-electron chi connectivity index (χ2n) is 6.33. The second-order valence-corrected chi connectivity index (χ2v) is 7.62. The Labute approximate surface area is 153 Å². The van der Waals surface area contributed by atoms with Gasteiger partial charge in [-0.25, -0.2) is 4.98 Å². The van der Waals surface area contributed by atoms with Crippen molar-refractivity contribution in [3.63, 3.8) is 0 Å². The van der Waals surface area contributed by atoms with Gasteiger partial charge in [-0.15, -0.1) is 11.3 Å². The van der Waals surface area contributed by atoms with Crippen LogP contribution in [-0.2, 0) is 6.54 Å². The molecule has 1 aliphatic heterocycles. The van der Waals surface area contributed by atoms with Gasteiger partial charge in [0.15, 0.2) is 0 Å². The SMILES string of the molecule is CCOc1cccc(CN2CCC(NC(=O)c3ccc(C)s3)CC2)n1. The lowest BCUT2D eigenvalue weighted by molar-refractivity contribution is 0.0912. The molecule has 134 valence electrons. The molecule has 1 amide bonds. The van der Waals surface area contributed by atoms with E-state index in [0.29, 0.717) is 12.5 Å². The molecule has 3 rings (SSSR count). The molecule has 0 bridgehead atoms. The van der Waals surface area contributed by atoms with E-state index in [1.54, 1.807) is 11.3 Å². The zero-order valence-corrected chi connectivity index (χ0v) is 15.6. The molecule has 6 heteroatoms. The number of likely N-dealkylation sites (tertiary alicyclic amines) is 1. The molecule has 2 aromatic rings. The van der Waals surface area contributed by atoms with Crippen molar-refractivity contribution in [2.75, 3.05) is 19.7 Å². The fraction of sp³-hybridized carbons (Fsp3) is 0.474. The summed E-state index contributed by atoms with van der Waals surface area (Å²) in [5.74, 6) is 0.746. The van der Waals surface area contributed by atoms with E-state index in [0.717, 1.165) is 43.0 Å². The van der Waals surface area contributed by atoms with Gasteiger partial charge < -0.3 is 10.1 Å². The Morgan fingerprint density at radius 3 is 2.80 bits per heavy atom. The highest BCUT2D eigenvalue weighted by Gasteiger charge is 2.22. The van der Waals surface area contributed by atoms with Gasteiger partial charge in [-0.3, -0.25) is 9.69 Å². The number of amides is 1. The molecule has 5 nitrogen and oxygen atoms in total. The number of rotatable bonds is 6. The molecular weight excluding hydrogens is 334 g/mol. The number of nitrogens with zero attached hydrogens (tertiary/aromatic N) is 2. The summed E-state index contributed by atoms with van der Waals surface area (Å²) in [6.45, 7) is 7.38. The maximum absolute atomic E-state index is 12.3. The van der Waals surface area contributed by atoms with Crippen molar-refractivity contribution in [3.05, 3.63) is 45.8 Å². The third kappa shape index (κ3) is 5.03. The largest absolute Gasteiger partial charge is 0.478 e. The summed E-state index contributed by atoms with van der Waals surface area (Å²) in [6, 6.07) is 10.1. The number of thiophene rings is 1. The molecule has 1 saturated heterocycles. The molecule has 0 unspecified atom stereocenters. The summed E-state index contributed by atoms with van der Waals surface area (Å²) in [5, 5.41) is 3.17. The molecule has 0 saturated carbocycles. The Morgan fingerprint density at radius 2 is 2.12 bits per heavy atom. The minimum atomic E-state index is 0.0580. The van der Waals surface area contributed by atoms with Crippen LogP contribution >= 0.6 is 11.3 Å². The number of nitrogens with one attached hydrogen (secondary N) is 1. The van der Waals surface area contributed by atoms with Gasteiger partial charge in [-0.2, -0.15) is 0 Å². The number of aryl methyl sites for hydroxylation is 1. The quantitative estimate of drug-likeness (QED) is 0.860. The lowest BCUT2D eigenvalue weighted by atomic mass is 10.0.